The van der Waals surface area contributed by atoms with Crippen molar-refractivity contribution in [2.24, 2.45) is 16.8 Å². The number of hydrogen-bond donors (Lipinski definition) is 2. The fourth-order valence-corrected chi connectivity index (χ4v) is 1.90. The molecule has 0 unspecified atom stereocenters. The number of benzene rings is 1. The van der Waals surface area contributed by atoms with Crippen LogP contribution in [-0.4, -0.2) is 48.7 Å². The van der Waals surface area contributed by atoms with Crippen LogP contribution in [0.4, 0.5) is 0 Å². The Balaban J connectivity index is 1.82. The van der Waals surface area contributed by atoms with Crippen molar-refractivity contribution in [3.8, 4) is 0 Å². The predicted octanol–water partition coefficient (Wildman–Crippen LogP) is 1.28. The molecular weight excluding hydrogens is 270 g/mol. The van der Waals surface area contributed by atoms with E-state index in [1.165, 1.54) is 12.8 Å². The molecule has 1 saturated carbocycles. The summed E-state index contributed by atoms with van der Waals surface area (Å²) >= 11 is 0. The third kappa shape index (κ3) is 4.46. The number of hydrogen-bond acceptors (Lipinski definition) is 4. The number of amides is 1. The molecule has 6 heteroatoms. The second kappa shape index (κ2) is 7.08. The molecule has 0 spiro atoms. The first-order valence-electron chi connectivity index (χ1n) is 7.03. The van der Waals surface area contributed by atoms with Crippen molar-refractivity contribution >= 4 is 11.7 Å². The molecule has 6 nitrogen and oxygen atoms in total. The third-order valence-corrected chi connectivity index (χ3v) is 3.50. The normalized spacial score (nSPS) is 15.0. The van der Waals surface area contributed by atoms with Gasteiger partial charge in [0.2, 0.25) is 0 Å². The van der Waals surface area contributed by atoms with E-state index in [0.29, 0.717) is 24.3 Å². The lowest BCUT2D eigenvalue weighted by Crippen LogP contribution is -2.30. The van der Waals surface area contributed by atoms with Crippen LogP contribution in [0.25, 0.3) is 0 Å². The summed E-state index contributed by atoms with van der Waals surface area (Å²) in [5, 5.41) is 11.5. The monoisotopic (exact) mass is 291 g/mol. The summed E-state index contributed by atoms with van der Waals surface area (Å²) in [5.41, 5.74) is 6.62. The van der Waals surface area contributed by atoms with Gasteiger partial charge in [-0.1, -0.05) is 17.3 Å². The quantitative estimate of drug-likeness (QED) is 0.260. The minimum absolute atomic E-state index is 0.0239. The van der Waals surface area contributed by atoms with E-state index in [0.717, 1.165) is 12.5 Å². The molecule has 1 aliphatic carbocycles. The standard InChI is InChI=1S/C15H21N3O3/c1-18(8-9-21-10-11-2-3-11)15(19)13-6-4-12(5-7-13)14(16)17-20/h4-7,11,20H,2-3,8-10H2,1H3,(H2,16,17). The molecule has 21 heavy (non-hydrogen) atoms. The molecule has 0 bridgehead atoms. The van der Waals surface area contributed by atoms with Gasteiger partial charge < -0.3 is 20.6 Å². The fraction of sp³-hybridized carbons (Fsp3) is 0.467. The van der Waals surface area contributed by atoms with Crippen LogP contribution in [0.5, 0.6) is 0 Å². The lowest BCUT2D eigenvalue weighted by atomic mass is 10.1. The molecule has 1 aromatic carbocycles. The molecule has 0 aromatic heterocycles. The summed E-state index contributed by atoms with van der Waals surface area (Å²) in [7, 11) is 1.75. The number of nitrogens with zero attached hydrogens (tertiary/aromatic N) is 2. The van der Waals surface area contributed by atoms with E-state index in [2.05, 4.69) is 5.16 Å². The molecule has 1 fully saturated rings. The Labute approximate surface area is 124 Å². The molecule has 2 rings (SSSR count). The largest absolute Gasteiger partial charge is 0.409 e. The summed E-state index contributed by atoms with van der Waals surface area (Å²) < 4.78 is 5.53. The summed E-state index contributed by atoms with van der Waals surface area (Å²) in [5.74, 6) is 0.684. The van der Waals surface area contributed by atoms with Crippen molar-refractivity contribution in [3.05, 3.63) is 35.4 Å². The first-order valence-corrected chi connectivity index (χ1v) is 7.03. The van der Waals surface area contributed by atoms with E-state index in [-0.39, 0.29) is 11.7 Å². The van der Waals surface area contributed by atoms with Gasteiger partial charge in [0.05, 0.1) is 6.61 Å². The van der Waals surface area contributed by atoms with Crippen LogP contribution < -0.4 is 5.73 Å². The zero-order valence-corrected chi connectivity index (χ0v) is 12.2. The molecule has 3 N–H and O–H groups in total. The summed E-state index contributed by atoms with van der Waals surface area (Å²) in [6, 6.07) is 6.63. The second-order valence-corrected chi connectivity index (χ2v) is 5.31. The smallest absolute Gasteiger partial charge is 0.253 e. The lowest BCUT2D eigenvalue weighted by molar-refractivity contribution is 0.0681. The van der Waals surface area contributed by atoms with Crippen LogP contribution in [0.3, 0.4) is 0 Å². The van der Waals surface area contributed by atoms with Crippen LogP contribution in [0, 0.1) is 5.92 Å². The van der Waals surface area contributed by atoms with Crippen LogP contribution in [-0.2, 0) is 4.74 Å². The van der Waals surface area contributed by atoms with Crippen LogP contribution >= 0.6 is 0 Å². The van der Waals surface area contributed by atoms with Crippen molar-refractivity contribution < 1.29 is 14.7 Å². The van der Waals surface area contributed by atoms with Crippen molar-refractivity contribution in [3.63, 3.8) is 0 Å². The van der Waals surface area contributed by atoms with E-state index in [9.17, 15) is 4.79 Å². The maximum absolute atomic E-state index is 12.2. The zero-order chi connectivity index (χ0) is 15.2. The van der Waals surface area contributed by atoms with Gasteiger partial charge in [-0.25, -0.2) is 0 Å². The van der Waals surface area contributed by atoms with Crippen molar-refractivity contribution in [2.45, 2.75) is 12.8 Å². The van der Waals surface area contributed by atoms with Crippen molar-refractivity contribution in [1.29, 1.82) is 0 Å². The number of likely N-dealkylation sites (N-methyl/N-ethyl adjacent to an activating group) is 1. The Kier molecular flexibility index (Phi) is 5.16. The van der Waals surface area contributed by atoms with E-state index in [4.69, 9.17) is 15.7 Å². The molecule has 0 aliphatic heterocycles. The Morgan fingerprint density at radius 1 is 1.38 bits per heavy atom. The van der Waals surface area contributed by atoms with Crippen LogP contribution in [0.15, 0.2) is 29.4 Å². The Morgan fingerprint density at radius 2 is 2.00 bits per heavy atom. The lowest BCUT2D eigenvalue weighted by Gasteiger charge is -2.17. The van der Waals surface area contributed by atoms with Gasteiger partial charge in [0.25, 0.3) is 5.91 Å². The number of ether oxygens (including phenoxy) is 1. The minimum Gasteiger partial charge on any atom is -0.409 e. The van der Waals surface area contributed by atoms with Gasteiger partial charge in [-0.3, -0.25) is 4.79 Å². The maximum Gasteiger partial charge on any atom is 0.253 e. The molecule has 0 saturated heterocycles. The number of nitrogens with two attached hydrogens (primary N) is 1. The first-order chi connectivity index (χ1) is 10.1. The zero-order valence-electron chi connectivity index (χ0n) is 12.2. The van der Waals surface area contributed by atoms with Crippen molar-refractivity contribution in [2.75, 3.05) is 26.8 Å². The number of carbonyl (C=O) groups is 1. The third-order valence-electron chi connectivity index (χ3n) is 3.50. The molecule has 1 amide bonds. The van der Waals surface area contributed by atoms with Crippen molar-refractivity contribution in [1.82, 2.24) is 4.90 Å². The minimum atomic E-state index is -0.0731. The summed E-state index contributed by atoms with van der Waals surface area (Å²) in [4.78, 5) is 13.8. The van der Waals surface area contributed by atoms with Crippen LogP contribution in [0.2, 0.25) is 0 Å². The second-order valence-electron chi connectivity index (χ2n) is 5.31. The Bertz CT molecular complexity index is 509. The van der Waals surface area contributed by atoms with E-state index in [1.807, 2.05) is 0 Å². The fourth-order valence-electron chi connectivity index (χ4n) is 1.90. The van der Waals surface area contributed by atoms with E-state index in [1.54, 1.807) is 36.2 Å². The number of oxime groups is 1. The van der Waals surface area contributed by atoms with Gasteiger partial charge in [0.15, 0.2) is 5.84 Å². The van der Waals surface area contributed by atoms with Gasteiger partial charge in [-0.15, -0.1) is 0 Å². The van der Waals surface area contributed by atoms with Gasteiger partial charge in [-0.05, 0) is 30.9 Å². The average molecular weight is 291 g/mol. The molecular formula is C15H21N3O3. The first kappa shape index (κ1) is 15.3. The van der Waals surface area contributed by atoms with Gasteiger partial charge in [-0.2, -0.15) is 0 Å². The molecule has 0 atom stereocenters. The molecule has 114 valence electrons. The highest BCUT2D eigenvalue weighted by atomic mass is 16.5. The van der Waals surface area contributed by atoms with Gasteiger partial charge in [0.1, 0.15) is 0 Å². The molecule has 1 aliphatic rings. The summed E-state index contributed by atoms with van der Waals surface area (Å²) in [6.45, 7) is 1.92. The maximum atomic E-state index is 12.2. The van der Waals surface area contributed by atoms with Gasteiger partial charge in [0, 0.05) is 31.3 Å². The van der Waals surface area contributed by atoms with E-state index < -0.39 is 0 Å². The highest BCUT2D eigenvalue weighted by molar-refractivity contribution is 5.99. The number of carbonyl (C=O) groups excluding carboxylic acids is 1. The Morgan fingerprint density at radius 3 is 2.57 bits per heavy atom. The SMILES string of the molecule is CN(CCOCC1CC1)C(=O)c1ccc(/C(N)=N/O)cc1. The molecule has 0 radical (unpaired) electrons. The highest BCUT2D eigenvalue weighted by Gasteiger charge is 2.21. The predicted molar refractivity (Wildman–Crippen MR) is 79.5 cm³/mol. The van der Waals surface area contributed by atoms with Crippen LogP contribution in [0.1, 0.15) is 28.8 Å². The van der Waals surface area contributed by atoms with E-state index >= 15 is 0 Å². The average Bonchev–Trinajstić information content (AvgIpc) is 3.34. The van der Waals surface area contributed by atoms with Gasteiger partial charge >= 0.3 is 0 Å². The number of amidine groups is 1. The Hall–Kier alpha value is -2.08. The summed E-state index contributed by atoms with van der Waals surface area (Å²) in [6.07, 6.45) is 2.53. The highest BCUT2D eigenvalue weighted by Crippen LogP contribution is 2.28. The number of rotatable bonds is 7. The molecule has 1 aromatic rings. The topological polar surface area (TPSA) is 88.2 Å². The molecule has 0 heterocycles.